The van der Waals surface area contributed by atoms with Gasteiger partial charge in [0.15, 0.2) is 0 Å². The zero-order chi connectivity index (χ0) is 15.4. The van der Waals surface area contributed by atoms with Crippen molar-refractivity contribution in [3.05, 3.63) is 16.6 Å². The Labute approximate surface area is 131 Å². The van der Waals surface area contributed by atoms with Crippen LogP contribution in [0.3, 0.4) is 0 Å². The number of methoxy groups -OCH3 is 1. The molecular formula is C14H18BrN3O3. The number of carbonyl (C=O) groups is 1. The maximum Gasteiger partial charge on any atom is 0.297 e. The number of rotatable bonds is 6. The van der Waals surface area contributed by atoms with E-state index in [0.29, 0.717) is 25.7 Å². The second-order valence-corrected chi connectivity index (χ2v) is 5.29. The third kappa shape index (κ3) is 3.47. The van der Waals surface area contributed by atoms with E-state index in [1.54, 1.807) is 7.11 Å². The summed E-state index contributed by atoms with van der Waals surface area (Å²) in [7, 11) is 1.62. The highest BCUT2D eigenvalue weighted by atomic mass is 79.9. The van der Waals surface area contributed by atoms with Gasteiger partial charge in [0, 0.05) is 26.1 Å². The topological polar surface area (TPSA) is 65.4 Å². The quantitative estimate of drug-likeness (QED) is 0.863. The van der Waals surface area contributed by atoms with Crippen molar-refractivity contribution in [3.63, 3.8) is 0 Å². The number of ether oxygens (including phenoxy) is 2. The molecule has 0 aliphatic carbocycles. The summed E-state index contributed by atoms with van der Waals surface area (Å²) in [5.41, 5.74) is 1.72. The normalized spacial score (nSPS) is 10.7. The second kappa shape index (κ2) is 6.80. The van der Waals surface area contributed by atoms with E-state index in [1.807, 2.05) is 23.6 Å². The molecule has 2 aromatic rings. The van der Waals surface area contributed by atoms with Crippen LogP contribution < -0.4 is 14.8 Å². The molecule has 114 valence electrons. The number of hydrogen-bond acceptors (Lipinski definition) is 4. The molecule has 0 spiro atoms. The third-order valence-corrected chi connectivity index (χ3v) is 3.59. The van der Waals surface area contributed by atoms with E-state index in [-0.39, 0.29) is 5.91 Å². The summed E-state index contributed by atoms with van der Waals surface area (Å²) in [6.45, 7) is 5.03. The molecule has 7 heteroatoms. The van der Waals surface area contributed by atoms with Crippen molar-refractivity contribution in [2.75, 3.05) is 20.3 Å². The zero-order valence-corrected chi connectivity index (χ0v) is 13.9. The van der Waals surface area contributed by atoms with Crippen molar-refractivity contribution < 1.29 is 14.3 Å². The van der Waals surface area contributed by atoms with E-state index in [2.05, 4.69) is 26.2 Å². The maximum absolute atomic E-state index is 11.0. The standard InChI is InChI=1S/C14H18BrN3O3/c1-4-21-14-17-11-7-10(15)13(20-3)8-12(11)18(14)6-5-16-9(2)19/h7-8H,4-6H2,1-3H3,(H,16,19). The van der Waals surface area contributed by atoms with Crippen molar-refractivity contribution in [1.82, 2.24) is 14.9 Å². The Morgan fingerprint density at radius 1 is 1.48 bits per heavy atom. The van der Waals surface area contributed by atoms with Crippen molar-refractivity contribution in [3.8, 4) is 11.8 Å². The molecule has 1 aromatic carbocycles. The minimum Gasteiger partial charge on any atom is -0.495 e. The first-order chi connectivity index (χ1) is 10.1. The van der Waals surface area contributed by atoms with Crippen molar-refractivity contribution in [2.24, 2.45) is 0 Å². The number of halogens is 1. The second-order valence-electron chi connectivity index (χ2n) is 4.44. The summed E-state index contributed by atoms with van der Waals surface area (Å²) in [6.07, 6.45) is 0. The zero-order valence-electron chi connectivity index (χ0n) is 12.3. The average molecular weight is 356 g/mol. The van der Waals surface area contributed by atoms with Crippen LogP contribution in [-0.4, -0.2) is 35.7 Å². The predicted octanol–water partition coefficient (Wildman–Crippen LogP) is 2.34. The molecule has 0 radical (unpaired) electrons. The summed E-state index contributed by atoms with van der Waals surface area (Å²) in [5.74, 6) is 0.670. The smallest absolute Gasteiger partial charge is 0.297 e. The van der Waals surface area contributed by atoms with E-state index in [4.69, 9.17) is 9.47 Å². The van der Waals surface area contributed by atoms with Gasteiger partial charge >= 0.3 is 0 Å². The highest BCUT2D eigenvalue weighted by Crippen LogP contribution is 2.32. The van der Waals surface area contributed by atoms with Gasteiger partial charge in [-0.2, -0.15) is 4.98 Å². The molecule has 1 aromatic heterocycles. The lowest BCUT2D eigenvalue weighted by atomic mass is 10.3. The lowest BCUT2D eigenvalue weighted by Crippen LogP contribution is -2.24. The summed E-state index contributed by atoms with van der Waals surface area (Å²) >= 11 is 3.45. The molecular weight excluding hydrogens is 338 g/mol. The SMILES string of the molecule is CCOc1nc2cc(Br)c(OC)cc2n1CCNC(C)=O. The van der Waals surface area contributed by atoms with Gasteiger partial charge in [-0.05, 0) is 28.9 Å². The molecule has 1 N–H and O–H groups in total. The first-order valence-corrected chi connectivity index (χ1v) is 7.47. The van der Waals surface area contributed by atoms with Gasteiger partial charge < -0.3 is 14.8 Å². The van der Waals surface area contributed by atoms with Gasteiger partial charge in [0.2, 0.25) is 5.91 Å². The third-order valence-electron chi connectivity index (χ3n) is 2.97. The molecule has 6 nitrogen and oxygen atoms in total. The van der Waals surface area contributed by atoms with E-state index in [1.165, 1.54) is 6.92 Å². The van der Waals surface area contributed by atoms with Gasteiger partial charge in [0.25, 0.3) is 6.01 Å². The number of amides is 1. The minimum absolute atomic E-state index is 0.0577. The number of benzene rings is 1. The number of hydrogen-bond donors (Lipinski definition) is 1. The van der Waals surface area contributed by atoms with Crippen molar-refractivity contribution in [2.45, 2.75) is 20.4 Å². The fraction of sp³-hybridized carbons (Fsp3) is 0.429. The van der Waals surface area contributed by atoms with Crippen LogP contribution in [0.2, 0.25) is 0 Å². The monoisotopic (exact) mass is 355 g/mol. The molecule has 0 fully saturated rings. The molecule has 0 atom stereocenters. The van der Waals surface area contributed by atoms with Gasteiger partial charge in [0.1, 0.15) is 5.75 Å². The molecule has 0 aliphatic heterocycles. The number of nitrogens with one attached hydrogen (secondary N) is 1. The van der Waals surface area contributed by atoms with Crippen LogP contribution in [0.25, 0.3) is 11.0 Å². The molecule has 0 saturated heterocycles. The van der Waals surface area contributed by atoms with Crippen molar-refractivity contribution >= 4 is 32.9 Å². The van der Waals surface area contributed by atoms with Gasteiger partial charge in [-0.3, -0.25) is 9.36 Å². The Morgan fingerprint density at radius 2 is 2.24 bits per heavy atom. The lowest BCUT2D eigenvalue weighted by molar-refractivity contribution is -0.118. The highest BCUT2D eigenvalue weighted by Gasteiger charge is 2.14. The number of carbonyl (C=O) groups excluding carboxylic acids is 1. The lowest BCUT2D eigenvalue weighted by Gasteiger charge is -2.10. The number of aromatic nitrogens is 2. The Kier molecular flexibility index (Phi) is 5.06. The molecule has 0 aliphatic rings. The highest BCUT2D eigenvalue weighted by molar-refractivity contribution is 9.10. The van der Waals surface area contributed by atoms with Gasteiger partial charge in [-0.1, -0.05) is 0 Å². The fourth-order valence-corrected chi connectivity index (χ4v) is 2.55. The van der Waals surface area contributed by atoms with E-state index < -0.39 is 0 Å². The Hall–Kier alpha value is -1.76. The molecule has 0 bridgehead atoms. The maximum atomic E-state index is 11.0. The molecule has 21 heavy (non-hydrogen) atoms. The number of imidazole rings is 1. The predicted molar refractivity (Wildman–Crippen MR) is 83.8 cm³/mol. The summed E-state index contributed by atoms with van der Waals surface area (Å²) in [5, 5.41) is 2.77. The summed E-state index contributed by atoms with van der Waals surface area (Å²) in [6, 6.07) is 4.34. The van der Waals surface area contributed by atoms with E-state index in [0.717, 1.165) is 21.3 Å². The van der Waals surface area contributed by atoms with Crippen molar-refractivity contribution in [1.29, 1.82) is 0 Å². The summed E-state index contributed by atoms with van der Waals surface area (Å²) < 4.78 is 13.7. The summed E-state index contributed by atoms with van der Waals surface area (Å²) in [4.78, 5) is 15.5. The fourth-order valence-electron chi connectivity index (χ4n) is 2.06. The molecule has 0 saturated carbocycles. The Bertz CT molecular complexity index is 654. The van der Waals surface area contributed by atoms with E-state index >= 15 is 0 Å². The van der Waals surface area contributed by atoms with Crippen LogP contribution in [0.4, 0.5) is 0 Å². The van der Waals surface area contributed by atoms with Crippen LogP contribution >= 0.6 is 15.9 Å². The van der Waals surface area contributed by atoms with Crippen LogP contribution in [0.1, 0.15) is 13.8 Å². The van der Waals surface area contributed by atoms with Crippen LogP contribution in [0.15, 0.2) is 16.6 Å². The van der Waals surface area contributed by atoms with Crippen LogP contribution in [0, 0.1) is 0 Å². The largest absolute Gasteiger partial charge is 0.495 e. The Balaban J connectivity index is 2.42. The molecule has 2 rings (SSSR count). The first kappa shape index (κ1) is 15.6. The molecule has 0 unspecified atom stereocenters. The molecule has 1 heterocycles. The van der Waals surface area contributed by atoms with Gasteiger partial charge in [0.05, 0.1) is 29.2 Å². The average Bonchev–Trinajstić information content (AvgIpc) is 2.75. The van der Waals surface area contributed by atoms with Crippen LogP contribution in [-0.2, 0) is 11.3 Å². The Morgan fingerprint density at radius 3 is 2.86 bits per heavy atom. The first-order valence-electron chi connectivity index (χ1n) is 6.67. The van der Waals surface area contributed by atoms with E-state index in [9.17, 15) is 4.79 Å². The molecule has 1 amide bonds. The minimum atomic E-state index is -0.0577. The van der Waals surface area contributed by atoms with Crippen LogP contribution in [0.5, 0.6) is 11.8 Å². The number of nitrogens with zero attached hydrogens (tertiary/aromatic N) is 2. The van der Waals surface area contributed by atoms with Gasteiger partial charge in [-0.15, -0.1) is 0 Å². The van der Waals surface area contributed by atoms with Gasteiger partial charge in [-0.25, -0.2) is 0 Å². The number of fused-ring (bicyclic) bond motifs is 1.